The molecule has 3 N–H and O–H groups in total. The van der Waals surface area contributed by atoms with Crippen molar-refractivity contribution in [2.45, 2.75) is 13.0 Å². The number of piperazine rings is 1. The van der Waals surface area contributed by atoms with Crippen LogP contribution in [0.15, 0.2) is 36.8 Å². The number of carbonyl (C=O) groups is 1. The number of pyridine rings is 1. The molecule has 8 heteroatoms. The molecule has 3 heterocycles. The SMILES string of the molecule is CC(N)C(=O)Nc1ccc(N2CCN(c3ncccn3)CC2)cn1. The summed E-state index contributed by atoms with van der Waals surface area (Å²) in [6.45, 7) is 5.08. The van der Waals surface area contributed by atoms with Gasteiger partial charge in [0.1, 0.15) is 5.82 Å². The van der Waals surface area contributed by atoms with E-state index in [0.29, 0.717) is 5.82 Å². The van der Waals surface area contributed by atoms with Gasteiger partial charge in [0, 0.05) is 38.6 Å². The van der Waals surface area contributed by atoms with E-state index >= 15 is 0 Å². The lowest BCUT2D eigenvalue weighted by atomic mass is 10.2. The molecular weight excluding hydrogens is 306 g/mol. The second-order valence-electron chi connectivity index (χ2n) is 5.70. The van der Waals surface area contributed by atoms with Gasteiger partial charge in [0.05, 0.1) is 17.9 Å². The Morgan fingerprint density at radius 2 is 1.79 bits per heavy atom. The summed E-state index contributed by atoms with van der Waals surface area (Å²) >= 11 is 0. The van der Waals surface area contributed by atoms with E-state index in [4.69, 9.17) is 5.73 Å². The number of nitrogens with two attached hydrogens (primary N) is 1. The molecule has 1 fully saturated rings. The Bertz CT molecular complexity index is 667. The number of carbonyl (C=O) groups excluding carboxylic acids is 1. The molecule has 0 radical (unpaired) electrons. The first-order chi connectivity index (χ1) is 11.6. The van der Waals surface area contributed by atoms with Crippen LogP contribution in [0, 0.1) is 0 Å². The van der Waals surface area contributed by atoms with Crippen molar-refractivity contribution in [3.63, 3.8) is 0 Å². The van der Waals surface area contributed by atoms with Gasteiger partial charge in [0.25, 0.3) is 0 Å². The summed E-state index contributed by atoms with van der Waals surface area (Å²) in [6, 6.07) is 5.01. The molecule has 1 aliphatic rings. The van der Waals surface area contributed by atoms with E-state index in [2.05, 4.69) is 30.1 Å². The highest BCUT2D eigenvalue weighted by molar-refractivity contribution is 5.93. The molecule has 2 aromatic rings. The van der Waals surface area contributed by atoms with Gasteiger partial charge in [-0.05, 0) is 25.1 Å². The van der Waals surface area contributed by atoms with Crippen molar-refractivity contribution in [3.05, 3.63) is 36.8 Å². The maximum Gasteiger partial charge on any atom is 0.242 e. The lowest BCUT2D eigenvalue weighted by Crippen LogP contribution is -2.47. The third-order valence-corrected chi connectivity index (χ3v) is 3.89. The van der Waals surface area contributed by atoms with Gasteiger partial charge in [-0.1, -0.05) is 0 Å². The van der Waals surface area contributed by atoms with Crippen LogP contribution in [0.25, 0.3) is 0 Å². The molecule has 2 aromatic heterocycles. The van der Waals surface area contributed by atoms with Crippen molar-refractivity contribution < 1.29 is 4.79 Å². The fourth-order valence-electron chi connectivity index (χ4n) is 2.51. The molecular formula is C16H21N7O. The molecule has 1 saturated heterocycles. The highest BCUT2D eigenvalue weighted by Crippen LogP contribution is 2.18. The van der Waals surface area contributed by atoms with Crippen LogP contribution in [-0.4, -0.2) is 53.1 Å². The molecule has 8 nitrogen and oxygen atoms in total. The summed E-state index contributed by atoms with van der Waals surface area (Å²) in [5, 5.41) is 2.68. The van der Waals surface area contributed by atoms with Crippen LogP contribution in [-0.2, 0) is 4.79 Å². The van der Waals surface area contributed by atoms with E-state index in [0.717, 1.165) is 37.8 Å². The van der Waals surface area contributed by atoms with E-state index in [-0.39, 0.29) is 5.91 Å². The highest BCUT2D eigenvalue weighted by atomic mass is 16.2. The zero-order chi connectivity index (χ0) is 16.9. The van der Waals surface area contributed by atoms with Crippen molar-refractivity contribution in [2.75, 3.05) is 41.3 Å². The maximum absolute atomic E-state index is 11.6. The number of rotatable bonds is 4. The monoisotopic (exact) mass is 327 g/mol. The van der Waals surface area contributed by atoms with E-state index in [1.54, 1.807) is 31.6 Å². The minimum atomic E-state index is -0.556. The molecule has 0 bridgehead atoms. The Morgan fingerprint density at radius 1 is 1.12 bits per heavy atom. The molecule has 1 aliphatic heterocycles. The van der Waals surface area contributed by atoms with Crippen LogP contribution < -0.4 is 20.9 Å². The quantitative estimate of drug-likeness (QED) is 0.842. The van der Waals surface area contributed by atoms with Crippen LogP contribution >= 0.6 is 0 Å². The zero-order valence-electron chi connectivity index (χ0n) is 13.6. The Morgan fingerprint density at radius 3 is 2.38 bits per heavy atom. The second kappa shape index (κ2) is 7.22. The third kappa shape index (κ3) is 3.77. The van der Waals surface area contributed by atoms with Crippen LogP contribution in [0.5, 0.6) is 0 Å². The topological polar surface area (TPSA) is 100 Å². The molecule has 0 aliphatic carbocycles. The van der Waals surface area contributed by atoms with Crippen LogP contribution in [0.3, 0.4) is 0 Å². The van der Waals surface area contributed by atoms with Crippen LogP contribution in [0.1, 0.15) is 6.92 Å². The van der Waals surface area contributed by atoms with E-state index in [9.17, 15) is 4.79 Å². The van der Waals surface area contributed by atoms with Gasteiger partial charge in [-0.15, -0.1) is 0 Å². The number of aromatic nitrogens is 3. The molecule has 3 rings (SSSR count). The first-order valence-corrected chi connectivity index (χ1v) is 7.93. The van der Waals surface area contributed by atoms with E-state index in [1.165, 1.54) is 0 Å². The van der Waals surface area contributed by atoms with Crippen molar-refractivity contribution in [1.29, 1.82) is 0 Å². The predicted octanol–water partition coefficient (Wildman–Crippen LogP) is 0.484. The summed E-state index contributed by atoms with van der Waals surface area (Å²) in [7, 11) is 0. The number of hydrogen-bond acceptors (Lipinski definition) is 7. The van der Waals surface area contributed by atoms with Gasteiger partial charge in [-0.25, -0.2) is 15.0 Å². The lowest BCUT2D eigenvalue weighted by Gasteiger charge is -2.35. The number of nitrogens with zero attached hydrogens (tertiary/aromatic N) is 5. The molecule has 24 heavy (non-hydrogen) atoms. The summed E-state index contributed by atoms with van der Waals surface area (Å²) in [5.41, 5.74) is 6.56. The summed E-state index contributed by atoms with van der Waals surface area (Å²) in [4.78, 5) is 28.8. The first kappa shape index (κ1) is 16.1. The van der Waals surface area contributed by atoms with Crippen LogP contribution in [0.4, 0.5) is 17.5 Å². The smallest absolute Gasteiger partial charge is 0.242 e. The van der Waals surface area contributed by atoms with Crippen molar-refractivity contribution in [2.24, 2.45) is 5.73 Å². The van der Waals surface area contributed by atoms with E-state index < -0.39 is 6.04 Å². The van der Waals surface area contributed by atoms with Crippen LogP contribution in [0.2, 0.25) is 0 Å². The van der Waals surface area contributed by atoms with Crippen molar-refractivity contribution in [1.82, 2.24) is 15.0 Å². The normalized spacial score (nSPS) is 15.9. The minimum absolute atomic E-state index is 0.244. The van der Waals surface area contributed by atoms with Gasteiger partial charge >= 0.3 is 0 Å². The third-order valence-electron chi connectivity index (χ3n) is 3.89. The fourth-order valence-corrected chi connectivity index (χ4v) is 2.51. The summed E-state index contributed by atoms with van der Waals surface area (Å²) in [5.74, 6) is 1.04. The zero-order valence-corrected chi connectivity index (χ0v) is 13.6. The maximum atomic E-state index is 11.6. The average Bonchev–Trinajstić information content (AvgIpc) is 2.63. The standard InChI is InChI=1S/C16H21N7O/c1-12(17)15(24)21-14-4-3-13(11-20-14)22-7-9-23(10-8-22)16-18-5-2-6-19-16/h2-6,11-12H,7-10,17H2,1H3,(H,20,21,24). The van der Waals surface area contributed by atoms with Gasteiger partial charge in [0.2, 0.25) is 11.9 Å². The molecule has 0 spiro atoms. The number of anilines is 3. The predicted molar refractivity (Wildman–Crippen MR) is 93.0 cm³/mol. The minimum Gasteiger partial charge on any atom is -0.367 e. The second-order valence-corrected chi connectivity index (χ2v) is 5.70. The van der Waals surface area contributed by atoms with Gasteiger partial charge in [-0.2, -0.15) is 0 Å². The fraction of sp³-hybridized carbons (Fsp3) is 0.375. The number of hydrogen-bond donors (Lipinski definition) is 2. The summed E-state index contributed by atoms with van der Waals surface area (Å²) in [6.07, 6.45) is 5.28. The Kier molecular flexibility index (Phi) is 4.85. The molecule has 1 atom stereocenters. The van der Waals surface area contributed by atoms with Gasteiger partial charge in [0.15, 0.2) is 0 Å². The highest BCUT2D eigenvalue weighted by Gasteiger charge is 2.19. The molecule has 126 valence electrons. The number of nitrogens with one attached hydrogen (secondary N) is 1. The first-order valence-electron chi connectivity index (χ1n) is 7.93. The van der Waals surface area contributed by atoms with Gasteiger partial charge in [-0.3, -0.25) is 4.79 Å². The molecule has 1 amide bonds. The van der Waals surface area contributed by atoms with Gasteiger partial charge < -0.3 is 20.9 Å². The molecule has 1 unspecified atom stereocenters. The molecule has 0 saturated carbocycles. The lowest BCUT2D eigenvalue weighted by molar-refractivity contribution is -0.117. The Labute approximate surface area is 140 Å². The Balaban J connectivity index is 1.57. The number of amides is 1. The average molecular weight is 327 g/mol. The van der Waals surface area contributed by atoms with Crippen molar-refractivity contribution in [3.8, 4) is 0 Å². The van der Waals surface area contributed by atoms with E-state index in [1.807, 2.05) is 12.1 Å². The summed E-state index contributed by atoms with van der Waals surface area (Å²) < 4.78 is 0. The molecule has 0 aromatic carbocycles. The van der Waals surface area contributed by atoms with Crippen molar-refractivity contribution >= 4 is 23.4 Å². The largest absolute Gasteiger partial charge is 0.367 e. The Hall–Kier alpha value is -2.74.